The lowest BCUT2D eigenvalue weighted by Crippen LogP contribution is -2.44. The molecule has 1 aliphatic rings. The van der Waals surface area contributed by atoms with Gasteiger partial charge in [-0.05, 0) is 25.1 Å². The minimum absolute atomic E-state index is 0.143. The fourth-order valence-corrected chi connectivity index (χ4v) is 2.65. The molecule has 3 rings (SSSR count). The number of nitrogens with one attached hydrogen (secondary N) is 2. The topological polar surface area (TPSA) is 112 Å². The van der Waals surface area contributed by atoms with E-state index in [1.807, 2.05) is 0 Å². The zero-order valence-electron chi connectivity index (χ0n) is 13.5. The van der Waals surface area contributed by atoms with Gasteiger partial charge in [0.25, 0.3) is 5.56 Å². The summed E-state index contributed by atoms with van der Waals surface area (Å²) < 4.78 is 0. The first kappa shape index (κ1) is 16.6. The van der Waals surface area contributed by atoms with Gasteiger partial charge in [-0.1, -0.05) is 12.1 Å². The van der Waals surface area contributed by atoms with Crippen molar-refractivity contribution >= 4 is 23.4 Å². The van der Waals surface area contributed by atoms with Crippen LogP contribution in [0.3, 0.4) is 0 Å². The van der Waals surface area contributed by atoms with Crippen molar-refractivity contribution in [3.63, 3.8) is 0 Å². The van der Waals surface area contributed by atoms with Gasteiger partial charge < -0.3 is 5.32 Å². The first-order valence-corrected chi connectivity index (χ1v) is 7.77. The van der Waals surface area contributed by atoms with Gasteiger partial charge in [0.05, 0.1) is 5.69 Å². The Kier molecular flexibility index (Phi) is 4.42. The van der Waals surface area contributed by atoms with E-state index in [0.717, 1.165) is 4.90 Å². The van der Waals surface area contributed by atoms with Crippen molar-refractivity contribution in [1.82, 2.24) is 15.1 Å². The maximum Gasteiger partial charge on any atom is 0.264 e. The summed E-state index contributed by atoms with van der Waals surface area (Å²) in [5.41, 5.74) is 1.45. The summed E-state index contributed by atoms with van der Waals surface area (Å²) in [6, 6.07) is 8.95. The van der Waals surface area contributed by atoms with E-state index >= 15 is 0 Å². The second-order valence-corrected chi connectivity index (χ2v) is 5.71. The average molecular weight is 340 g/mol. The number of nitrogens with zero attached hydrogens (tertiary/aromatic N) is 2. The molecular formula is C17H16N4O4. The Balaban J connectivity index is 1.76. The third kappa shape index (κ3) is 3.47. The van der Waals surface area contributed by atoms with E-state index < -0.39 is 11.9 Å². The van der Waals surface area contributed by atoms with Gasteiger partial charge in [-0.25, -0.2) is 5.10 Å². The van der Waals surface area contributed by atoms with E-state index in [9.17, 15) is 19.2 Å². The molecule has 2 N–H and O–H groups in total. The highest BCUT2D eigenvalue weighted by atomic mass is 16.2. The highest BCUT2D eigenvalue weighted by Gasteiger charge is 2.36. The number of aromatic nitrogens is 2. The summed E-state index contributed by atoms with van der Waals surface area (Å²) in [4.78, 5) is 47.9. The summed E-state index contributed by atoms with van der Waals surface area (Å²) in [5.74, 6) is -1.12. The molecule has 0 aliphatic carbocycles. The molecule has 25 heavy (non-hydrogen) atoms. The second kappa shape index (κ2) is 6.68. The molecule has 1 aliphatic heterocycles. The fourth-order valence-electron chi connectivity index (χ4n) is 2.65. The highest BCUT2D eigenvalue weighted by Crippen LogP contribution is 2.21. The van der Waals surface area contributed by atoms with Gasteiger partial charge >= 0.3 is 0 Å². The molecule has 1 atom stereocenters. The first-order chi connectivity index (χ1) is 12.0. The predicted octanol–water partition coefficient (Wildman–Crippen LogP) is 0.913. The minimum Gasteiger partial charge on any atom is -0.324 e. The maximum atomic E-state index is 12.4. The number of amides is 3. The molecule has 1 saturated heterocycles. The molecule has 0 saturated carbocycles. The lowest BCUT2D eigenvalue weighted by Gasteiger charge is -2.21. The zero-order valence-corrected chi connectivity index (χ0v) is 13.5. The van der Waals surface area contributed by atoms with Crippen LogP contribution in [-0.2, 0) is 14.4 Å². The van der Waals surface area contributed by atoms with Crippen molar-refractivity contribution < 1.29 is 14.4 Å². The Morgan fingerprint density at radius 3 is 2.52 bits per heavy atom. The summed E-state index contributed by atoms with van der Waals surface area (Å²) in [6.45, 7) is 1.52. The van der Waals surface area contributed by atoms with E-state index in [4.69, 9.17) is 0 Å². The molecule has 1 aromatic heterocycles. The standard InChI is InChI=1S/C17H16N4O4/c1-10(21-15(23)7-8-16(21)24)17(25)18-12-4-2-3-11(9-12)13-5-6-14(22)20-19-13/h2-6,9-10H,7-8H2,1H3,(H,18,25)(H,20,22)/t10-/m0/s1. The van der Waals surface area contributed by atoms with E-state index in [-0.39, 0.29) is 30.2 Å². The summed E-state index contributed by atoms with van der Waals surface area (Å²) in [7, 11) is 0. The summed E-state index contributed by atoms with van der Waals surface area (Å²) in [6.07, 6.45) is 0.285. The van der Waals surface area contributed by atoms with Crippen LogP contribution in [0.25, 0.3) is 11.3 Å². The number of aromatic amines is 1. The SMILES string of the molecule is C[C@@H](C(=O)Nc1cccc(-c2ccc(=O)[nH]n2)c1)N1C(=O)CCC1=O. The van der Waals surface area contributed by atoms with E-state index in [2.05, 4.69) is 15.5 Å². The number of hydrogen-bond donors (Lipinski definition) is 2. The van der Waals surface area contributed by atoms with Crippen LogP contribution in [-0.4, -0.2) is 38.9 Å². The Morgan fingerprint density at radius 2 is 1.88 bits per heavy atom. The lowest BCUT2D eigenvalue weighted by atomic mass is 10.1. The van der Waals surface area contributed by atoms with E-state index in [0.29, 0.717) is 16.9 Å². The van der Waals surface area contributed by atoms with Crippen molar-refractivity contribution in [2.75, 3.05) is 5.32 Å². The van der Waals surface area contributed by atoms with Crippen LogP contribution in [0.1, 0.15) is 19.8 Å². The molecular weight excluding hydrogens is 324 g/mol. The van der Waals surface area contributed by atoms with E-state index in [1.165, 1.54) is 13.0 Å². The van der Waals surface area contributed by atoms with Gasteiger partial charge in [0.15, 0.2) is 0 Å². The Bertz CT molecular complexity index is 869. The Labute approximate surface area is 142 Å². The van der Waals surface area contributed by atoms with Gasteiger partial charge in [0.2, 0.25) is 17.7 Å². The largest absolute Gasteiger partial charge is 0.324 e. The maximum absolute atomic E-state index is 12.4. The normalized spacial score (nSPS) is 15.3. The quantitative estimate of drug-likeness (QED) is 0.804. The van der Waals surface area contributed by atoms with Gasteiger partial charge in [-0.2, -0.15) is 5.10 Å². The van der Waals surface area contributed by atoms with Gasteiger partial charge in [-0.15, -0.1) is 0 Å². The van der Waals surface area contributed by atoms with Crippen LogP contribution in [0, 0.1) is 0 Å². The summed E-state index contributed by atoms with van der Waals surface area (Å²) >= 11 is 0. The first-order valence-electron chi connectivity index (χ1n) is 7.77. The molecule has 1 aromatic carbocycles. The zero-order chi connectivity index (χ0) is 18.0. The molecule has 0 bridgehead atoms. The average Bonchev–Trinajstić information content (AvgIpc) is 2.93. The van der Waals surface area contributed by atoms with Crippen LogP contribution in [0.5, 0.6) is 0 Å². The number of carbonyl (C=O) groups excluding carboxylic acids is 3. The smallest absolute Gasteiger partial charge is 0.264 e. The minimum atomic E-state index is -0.877. The predicted molar refractivity (Wildman–Crippen MR) is 89.5 cm³/mol. The molecule has 0 unspecified atom stereocenters. The van der Waals surface area contributed by atoms with Crippen LogP contribution in [0.2, 0.25) is 0 Å². The van der Waals surface area contributed by atoms with Crippen molar-refractivity contribution in [2.24, 2.45) is 0 Å². The number of rotatable bonds is 4. The molecule has 3 amide bonds. The Morgan fingerprint density at radius 1 is 1.16 bits per heavy atom. The van der Waals surface area contributed by atoms with E-state index in [1.54, 1.807) is 30.3 Å². The number of imide groups is 1. The number of hydrogen-bond acceptors (Lipinski definition) is 5. The van der Waals surface area contributed by atoms with Crippen molar-refractivity contribution in [3.8, 4) is 11.3 Å². The molecule has 1 fully saturated rings. The van der Waals surface area contributed by atoms with Crippen LogP contribution < -0.4 is 10.9 Å². The number of likely N-dealkylation sites (tertiary alicyclic amines) is 1. The highest BCUT2D eigenvalue weighted by molar-refractivity contribution is 6.07. The van der Waals surface area contributed by atoms with Crippen LogP contribution >= 0.6 is 0 Å². The second-order valence-electron chi connectivity index (χ2n) is 5.71. The molecule has 8 nitrogen and oxygen atoms in total. The van der Waals surface area contributed by atoms with Crippen molar-refractivity contribution in [3.05, 3.63) is 46.8 Å². The number of benzene rings is 1. The number of anilines is 1. The van der Waals surface area contributed by atoms with Crippen LogP contribution in [0.15, 0.2) is 41.2 Å². The fraction of sp³-hybridized carbons (Fsp3) is 0.235. The molecule has 2 heterocycles. The third-order valence-corrected chi connectivity index (χ3v) is 3.96. The molecule has 0 radical (unpaired) electrons. The molecule has 2 aromatic rings. The molecule has 0 spiro atoms. The van der Waals surface area contributed by atoms with Gasteiger partial charge in [0, 0.05) is 30.2 Å². The number of H-pyrrole nitrogens is 1. The number of carbonyl (C=O) groups is 3. The van der Waals surface area contributed by atoms with Crippen molar-refractivity contribution in [1.29, 1.82) is 0 Å². The van der Waals surface area contributed by atoms with Gasteiger partial charge in [-0.3, -0.25) is 24.1 Å². The van der Waals surface area contributed by atoms with Crippen LogP contribution in [0.4, 0.5) is 5.69 Å². The summed E-state index contributed by atoms with van der Waals surface area (Å²) in [5, 5.41) is 8.98. The lowest BCUT2D eigenvalue weighted by molar-refractivity contribution is -0.144. The third-order valence-electron chi connectivity index (χ3n) is 3.96. The Hall–Kier alpha value is -3.29. The van der Waals surface area contributed by atoms with Crippen molar-refractivity contribution in [2.45, 2.75) is 25.8 Å². The molecule has 8 heteroatoms. The monoisotopic (exact) mass is 340 g/mol. The van der Waals surface area contributed by atoms with Gasteiger partial charge in [0.1, 0.15) is 6.04 Å². The molecule has 128 valence electrons.